The number of rotatable bonds is 6. The van der Waals surface area contributed by atoms with Gasteiger partial charge in [-0.2, -0.15) is 0 Å². The average molecular weight is 324 g/mol. The first-order chi connectivity index (χ1) is 11.7. The van der Waals surface area contributed by atoms with E-state index in [1.165, 1.54) is 11.1 Å². The topological polar surface area (TPSA) is 41.6 Å². The van der Waals surface area contributed by atoms with Gasteiger partial charge in [-0.05, 0) is 48.7 Å². The molecule has 24 heavy (non-hydrogen) atoms. The fraction of sp³-hybridized carbons (Fsp3) is 0.350. The number of ether oxygens (including phenoxy) is 1. The first kappa shape index (κ1) is 16.5. The third-order valence-corrected chi connectivity index (χ3v) is 4.31. The predicted octanol–water partition coefficient (Wildman–Crippen LogP) is 3.47. The van der Waals surface area contributed by atoms with E-state index in [0.29, 0.717) is 13.0 Å². The lowest BCUT2D eigenvalue weighted by Gasteiger charge is -2.28. The molecule has 3 rings (SSSR count). The molecule has 0 aromatic heterocycles. The van der Waals surface area contributed by atoms with Gasteiger partial charge in [0.15, 0.2) is 0 Å². The summed E-state index contributed by atoms with van der Waals surface area (Å²) in [5.74, 6) is 0.875. The fourth-order valence-corrected chi connectivity index (χ4v) is 3.03. The quantitative estimate of drug-likeness (QED) is 0.884. The minimum absolute atomic E-state index is 0.0537. The lowest BCUT2D eigenvalue weighted by Crippen LogP contribution is -2.33. The summed E-state index contributed by atoms with van der Waals surface area (Å²) in [6.07, 6.45) is 1.58. The Morgan fingerprint density at radius 3 is 2.62 bits per heavy atom. The van der Waals surface area contributed by atoms with E-state index in [4.69, 9.17) is 4.74 Å². The van der Waals surface area contributed by atoms with Gasteiger partial charge in [-0.3, -0.25) is 9.69 Å². The molecule has 0 atom stereocenters. The van der Waals surface area contributed by atoms with Gasteiger partial charge in [0, 0.05) is 31.7 Å². The van der Waals surface area contributed by atoms with Crippen LogP contribution in [0.25, 0.3) is 0 Å². The third-order valence-electron chi connectivity index (χ3n) is 4.31. The molecule has 4 heteroatoms. The highest BCUT2D eigenvalue weighted by Crippen LogP contribution is 2.19. The van der Waals surface area contributed by atoms with Crippen LogP contribution in [0.2, 0.25) is 0 Å². The Hall–Kier alpha value is -2.33. The molecule has 0 saturated heterocycles. The van der Waals surface area contributed by atoms with Gasteiger partial charge in [0.1, 0.15) is 5.75 Å². The van der Waals surface area contributed by atoms with Crippen molar-refractivity contribution in [1.29, 1.82) is 0 Å². The van der Waals surface area contributed by atoms with Crippen molar-refractivity contribution >= 4 is 11.6 Å². The number of hydrogen-bond acceptors (Lipinski definition) is 3. The Morgan fingerprint density at radius 1 is 1.12 bits per heavy atom. The molecule has 126 valence electrons. The number of hydrogen-bond donors (Lipinski definition) is 1. The summed E-state index contributed by atoms with van der Waals surface area (Å²) in [7, 11) is 0. The third kappa shape index (κ3) is 4.36. The lowest BCUT2D eigenvalue weighted by atomic mass is 10.00. The van der Waals surface area contributed by atoms with Gasteiger partial charge in [-0.1, -0.05) is 24.3 Å². The van der Waals surface area contributed by atoms with E-state index in [-0.39, 0.29) is 5.91 Å². The van der Waals surface area contributed by atoms with Crippen molar-refractivity contribution in [2.75, 3.05) is 25.0 Å². The number of nitrogens with one attached hydrogen (secondary N) is 1. The van der Waals surface area contributed by atoms with Crippen LogP contribution in [0, 0.1) is 0 Å². The van der Waals surface area contributed by atoms with Gasteiger partial charge in [0.05, 0.1) is 6.61 Å². The second-order valence-corrected chi connectivity index (χ2v) is 6.05. The van der Waals surface area contributed by atoms with Crippen molar-refractivity contribution in [3.63, 3.8) is 0 Å². The van der Waals surface area contributed by atoms with E-state index in [2.05, 4.69) is 34.5 Å². The molecule has 0 fully saturated rings. The van der Waals surface area contributed by atoms with E-state index >= 15 is 0 Å². The van der Waals surface area contributed by atoms with E-state index in [1.54, 1.807) is 0 Å². The second-order valence-electron chi connectivity index (χ2n) is 6.05. The van der Waals surface area contributed by atoms with Crippen molar-refractivity contribution in [3.05, 3.63) is 59.7 Å². The molecule has 0 radical (unpaired) electrons. The standard InChI is InChI=1S/C20H24N2O2/c1-2-24-19-9-7-18(8-10-19)21-20(23)12-14-22-13-11-16-5-3-4-6-17(16)15-22/h3-10H,2,11-15H2,1H3,(H,21,23). The maximum atomic E-state index is 12.1. The Balaban J connectivity index is 1.46. The minimum Gasteiger partial charge on any atom is -0.494 e. The zero-order valence-electron chi connectivity index (χ0n) is 14.1. The predicted molar refractivity (Wildman–Crippen MR) is 96.3 cm³/mol. The summed E-state index contributed by atoms with van der Waals surface area (Å²) in [4.78, 5) is 14.5. The Labute approximate surface area is 143 Å². The van der Waals surface area contributed by atoms with Crippen LogP contribution < -0.4 is 10.1 Å². The Kier molecular flexibility index (Phi) is 5.49. The van der Waals surface area contributed by atoms with Gasteiger partial charge in [-0.25, -0.2) is 0 Å². The summed E-state index contributed by atoms with van der Waals surface area (Å²) in [5.41, 5.74) is 3.63. The van der Waals surface area contributed by atoms with Crippen LogP contribution in [-0.2, 0) is 17.8 Å². The van der Waals surface area contributed by atoms with Crippen molar-refractivity contribution in [3.8, 4) is 5.75 Å². The van der Waals surface area contributed by atoms with Gasteiger partial charge < -0.3 is 10.1 Å². The first-order valence-corrected chi connectivity index (χ1v) is 8.56. The highest BCUT2D eigenvalue weighted by atomic mass is 16.5. The molecule has 1 aliphatic heterocycles. The van der Waals surface area contributed by atoms with Crippen LogP contribution in [0.3, 0.4) is 0 Å². The van der Waals surface area contributed by atoms with Crippen molar-refractivity contribution in [1.82, 2.24) is 4.90 Å². The minimum atomic E-state index is 0.0537. The van der Waals surface area contributed by atoms with Gasteiger partial charge in [0.25, 0.3) is 0 Å². The Bertz CT molecular complexity index is 682. The van der Waals surface area contributed by atoms with Crippen LogP contribution in [-0.4, -0.2) is 30.5 Å². The highest BCUT2D eigenvalue weighted by molar-refractivity contribution is 5.90. The highest BCUT2D eigenvalue weighted by Gasteiger charge is 2.16. The van der Waals surface area contributed by atoms with Crippen LogP contribution in [0.5, 0.6) is 5.75 Å². The molecule has 1 amide bonds. The molecule has 2 aromatic rings. The molecule has 0 aliphatic carbocycles. The summed E-state index contributed by atoms with van der Waals surface area (Å²) >= 11 is 0. The number of nitrogens with zero attached hydrogens (tertiary/aromatic N) is 1. The summed E-state index contributed by atoms with van der Waals surface area (Å²) in [6.45, 7) is 5.34. The van der Waals surface area contributed by atoms with Crippen molar-refractivity contribution in [2.45, 2.75) is 26.3 Å². The zero-order chi connectivity index (χ0) is 16.8. The average Bonchev–Trinajstić information content (AvgIpc) is 2.62. The normalized spacial score (nSPS) is 14.0. The molecular formula is C20H24N2O2. The second kappa shape index (κ2) is 7.97. The molecule has 2 aromatic carbocycles. The zero-order valence-corrected chi connectivity index (χ0v) is 14.1. The van der Waals surface area contributed by atoms with E-state index in [9.17, 15) is 4.79 Å². The molecular weight excluding hydrogens is 300 g/mol. The van der Waals surface area contributed by atoms with Crippen molar-refractivity contribution < 1.29 is 9.53 Å². The largest absolute Gasteiger partial charge is 0.494 e. The molecule has 0 unspecified atom stereocenters. The molecule has 0 saturated carbocycles. The molecule has 0 spiro atoms. The summed E-state index contributed by atoms with van der Waals surface area (Å²) in [5, 5.41) is 2.95. The molecule has 1 N–H and O–H groups in total. The van der Waals surface area contributed by atoms with E-state index < -0.39 is 0 Å². The number of carbonyl (C=O) groups is 1. The SMILES string of the molecule is CCOc1ccc(NC(=O)CCN2CCc3ccccc3C2)cc1. The van der Waals surface area contributed by atoms with Gasteiger partial charge in [-0.15, -0.1) is 0 Å². The van der Waals surface area contributed by atoms with E-state index in [0.717, 1.165) is 37.5 Å². The van der Waals surface area contributed by atoms with Crippen LogP contribution in [0.15, 0.2) is 48.5 Å². The van der Waals surface area contributed by atoms with Gasteiger partial charge in [0.2, 0.25) is 5.91 Å². The fourth-order valence-electron chi connectivity index (χ4n) is 3.03. The molecule has 4 nitrogen and oxygen atoms in total. The summed E-state index contributed by atoms with van der Waals surface area (Å²) in [6, 6.07) is 16.1. The number of amides is 1. The number of anilines is 1. The first-order valence-electron chi connectivity index (χ1n) is 8.56. The maximum Gasteiger partial charge on any atom is 0.225 e. The van der Waals surface area contributed by atoms with Crippen LogP contribution >= 0.6 is 0 Å². The van der Waals surface area contributed by atoms with Gasteiger partial charge >= 0.3 is 0 Å². The Morgan fingerprint density at radius 2 is 1.88 bits per heavy atom. The smallest absolute Gasteiger partial charge is 0.225 e. The number of carbonyl (C=O) groups excluding carboxylic acids is 1. The maximum absolute atomic E-state index is 12.1. The number of benzene rings is 2. The molecule has 1 heterocycles. The summed E-state index contributed by atoms with van der Waals surface area (Å²) < 4.78 is 5.40. The van der Waals surface area contributed by atoms with Crippen LogP contribution in [0.4, 0.5) is 5.69 Å². The lowest BCUT2D eigenvalue weighted by molar-refractivity contribution is -0.116. The van der Waals surface area contributed by atoms with E-state index in [1.807, 2.05) is 31.2 Å². The molecule has 0 bridgehead atoms. The number of fused-ring (bicyclic) bond motifs is 1. The van der Waals surface area contributed by atoms with Crippen molar-refractivity contribution in [2.24, 2.45) is 0 Å². The monoisotopic (exact) mass is 324 g/mol. The van der Waals surface area contributed by atoms with Crippen LogP contribution in [0.1, 0.15) is 24.5 Å². The molecule has 1 aliphatic rings.